The first-order chi connectivity index (χ1) is 11.4. The molecule has 0 aromatic heterocycles. The van der Waals surface area contributed by atoms with Crippen LogP contribution in [0.4, 0.5) is 0 Å². The Balaban J connectivity index is 0.000000339. The standard InChI is InChI=1S/2C8H16.C6H12O2.H2S/c2*1-7-3-5-8(2)6-4-7;1-5-3-7-6(2)8-4-5;/h2*7-8H,3-6H2,1-2H3;5-6H,3-4H2,1-2H3;1H2. The van der Waals surface area contributed by atoms with Crippen LogP contribution in [0, 0.1) is 29.6 Å². The summed E-state index contributed by atoms with van der Waals surface area (Å²) in [5.41, 5.74) is 0. The first kappa shape index (κ1) is 25.3. The third-order valence-corrected chi connectivity index (χ3v) is 5.84. The van der Waals surface area contributed by atoms with Gasteiger partial charge in [0.15, 0.2) is 6.29 Å². The van der Waals surface area contributed by atoms with Gasteiger partial charge in [-0.1, -0.05) is 86.0 Å². The Hall–Kier alpha value is 0.270. The van der Waals surface area contributed by atoms with E-state index in [1.807, 2.05) is 6.92 Å². The lowest BCUT2D eigenvalue weighted by atomic mass is 9.84. The maximum atomic E-state index is 5.17. The summed E-state index contributed by atoms with van der Waals surface area (Å²) < 4.78 is 10.3. The number of ether oxygens (including phenoxy) is 2. The minimum atomic E-state index is 0. The second-order valence-electron chi connectivity index (χ2n) is 9.07. The molecule has 0 amide bonds. The average molecular weight is 375 g/mol. The van der Waals surface area contributed by atoms with Crippen LogP contribution < -0.4 is 0 Å². The van der Waals surface area contributed by atoms with E-state index in [2.05, 4.69) is 34.6 Å². The van der Waals surface area contributed by atoms with E-state index in [1.165, 1.54) is 51.4 Å². The van der Waals surface area contributed by atoms with Gasteiger partial charge in [0.25, 0.3) is 0 Å². The van der Waals surface area contributed by atoms with Gasteiger partial charge in [-0.05, 0) is 30.6 Å². The topological polar surface area (TPSA) is 18.5 Å². The highest BCUT2D eigenvalue weighted by Gasteiger charge is 2.14. The van der Waals surface area contributed by atoms with E-state index in [9.17, 15) is 0 Å². The zero-order valence-electron chi connectivity index (χ0n) is 17.9. The van der Waals surface area contributed by atoms with Gasteiger partial charge in [0, 0.05) is 5.92 Å². The lowest BCUT2D eigenvalue weighted by molar-refractivity contribution is -0.187. The third-order valence-electron chi connectivity index (χ3n) is 5.84. The Morgan fingerprint density at radius 2 is 0.680 bits per heavy atom. The van der Waals surface area contributed by atoms with Crippen molar-refractivity contribution in [3.63, 3.8) is 0 Å². The Morgan fingerprint density at radius 3 is 0.880 bits per heavy atom. The maximum absolute atomic E-state index is 5.17. The summed E-state index contributed by atoms with van der Waals surface area (Å²) in [7, 11) is 0. The van der Waals surface area contributed by atoms with Crippen LogP contribution in [0.2, 0.25) is 0 Å². The number of rotatable bonds is 0. The molecule has 0 N–H and O–H groups in total. The molecule has 1 heterocycles. The van der Waals surface area contributed by atoms with Crippen LogP contribution in [-0.4, -0.2) is 19.5 Å². The monoisotopic (exact) mass is 374 g/mol. The molecule has 3 fully saturated rings. The Bertz CT molecular complexity index is 209. The molecule has 1 aliphatic heterocycles. The van der Waals surface area contributed by atoms with Gasteiger partial charge < -0.3 is 9.47 Å². The summed E-state index contributed by atoms with van der Waals surface area (Å²) in [6.07, 6.45) is 11.8. The third kappa shape index (κ3) is 13.1. The van der Waals surface area contributed by atoms with Crippen molar-refractivity contribution in [3.8, 4) is 0 Å². The van der Waals surface area contributed by atoms with Gasteiger partial charge in [0.2, 0.25) is 0 Å². The predicted octanol–water partition coefficient (Wildman–Crippen LogP) is 6.79. The minimum absolute atomic E-state index is 0. The molecule has 2 aliphatic carbocycles. The molecular formula is C22H46O2S. The van der Waals surface area contributed by atoms with Crippen LogP contribution in [0.3, 0.4) is 0 Å². The molecular weight excluding hydrogens is 328 g/mol. The molecule has 0 aromatic carbocycles. The van der Waals surface area contributed by atoms with Crippen LogP contribution in [-0.2, 0) is 9.47 Å². The average Bonchev–Trinajstić information content (AvgIpc) is 2.57. The van der Waals surface area contributed by atoms with E-state index >= 15 is 0 Å². The van der Waals surface area contributed by atoms with Gasteiger partial charge in [0.1, 0.15) is 0 Å². The highest BCUT2D eigenvalue weighted by atomic mass is 32.1. The van der Waals surface area contributed by atoms with Crippen molar-refractivity contribution in [2.45, 2.75) is 99.2 Å². The quantitative estimate of drug-likeness (QED) is 0.464. The fourth-order valence-electron chi connectivity index (χ4n) is 3.55. The molecule has 2 saturated carbocycles. The molecule has 0 aromatic rings. The second-order valence-corrected chi connectivity index (χ2v) is 9.07. The Kier molecular flexibility index (Phi) is 14.5. The zero-order valence-corrected chi connectivity index (χ0v) is 18.9. The van der Waals surface area contributed by atoms with Gasteiger partial charge in [0.05, 0.1) is 13.2 Å². The Morgan fingerprint density at radius 1 is 0.440 bits per heavy atom. The van der Waals surface area contributed by atoms with Crippen LogP contribution >= 0.6 is 13.5 Å². The molecule has 0 atom stereocenters. The van der Waals surface area contributed by atoms with Crippen molar-refractivity contribution < 1.29 is 9.47 Å². The zero-order chi connectivity index (χ0) is 17.9. The fraction of sp³-hybridized carbons (Fsp3) is 1.00. The lowest BCUT2D eigenvalue weighted by Crippen LogP contribution is -2.27. The number of hydrogen-bond acceptors (Lipinski definition) is 2. The van der Waals surface area contributed by atoms with Crippen molar-refractivity contribution >= 4 is 13.5 Å². The van der Waals surface area contributed by atoms with Gasteiger partial charge in [-0.3, -0.25) is 0 Å². The molecule has 0 unspecified atom stereocenters. The molecule has 3 rings (SSSR count). The van der Waals surface area contributed by atoms with Crippen molar-refractivity contribution in [2.75, 3.05) is 13.2 Å². The summed E-state index contributed by atoms with van der Waals surface area (Å²) in [5.74, 6) is 4.65. The summed E-state index contributed by atoms with van der Waals surface area (Å²) >= 11 is 0. The summed E-state index contributed by atoms with van der Waals surface area (Å²) in [5, 5.41) is 0. The van der Waals surface area contributed by atoms with Crippen LogP contribution in [0.1, 0.15) is 92.9 Å². The summed E-state index contributed by atoms with van der Waals surface area (Å²) in [4.78, 5) is 0. The van der Waals surface area contributed by atoms with E-state index in [-0.39, 0.29) is 19.8 Å². The number of hydrogen-bond donors (Lipinski definition) is 0. The molecule has 0 spiro atoms. The molecule has 1 saturated heterocycles. The SMILES string of the molecule is CC1CCC(C)CC1.CC1CCC(C)CC1.CC1COC(C)OC1.S. The van der Waals surface area contributed by atoms with Crippen molar-refractivity contribution in [1.82, 2.24) is 0 Å². The first-order valence-electron chi connectivity index (χ1n) is 10.6. The van der Waals surface area contributed by atoms with E-state index in [0.29, 0.717) is 5.92 Å². The van der Waals surface area contributed by atoms with Crippen molar-refractivity contribution in [3.05, 3.63) is 0 Å². The molecule has 2 nitrogen and oxygen atoms in total. The highest BCUT2D eigenvalue weighted by Crippen LogP contribution is 2.27. The van der Waals surface area contributed by atoms with E-state index in [1.54, 1.807) is 0 Å². The highest BCUT2D eigenvalue weighted by molar-refractivity contribution is 7.59. The lowest BCUT2D eigenvalue weighted by Gasteiger charge is -2.24. The molecule has 0 radical (unpaired) electrons. The van der Waals surface area contributed by atoms with Gasteiger partial charge in [-0.2, -0.15) is 13.5 Å². The normalized spacial score (nSPS) is 38.2. The Labute approximate surface area is 165 Å². The molecule has 25 heavy (non-hydrogen) atoms. The fourth-order valence-corrected chi connectivity index (χ4v) is 3.55. The van der Waals surface area contributed by atoms with Gasteiger partial charge >= 0.3 is 0 Å². The van der Waals surface area contributed by atoms with Crippen molar-refractivity contribution in [1.29, 1.82) is 0 Å². The van der Waals surface area contributed by atoms with Gasteiger partial charge in [-0.15, -0.1) is 0 Å². The minimum Gasteiger partial charge on any atom is -0.353 e. The molecule has 3 heteroatoms. The van der Waals surface area contributed by atoms with E-state index < -0.39 is 0 Å². The first-order valence-corrected chi connectivity index (χ1v) is 10.6. The van der Waals surface area contributed by atoms with Crippen LogP contribution in [0.15, 0.2) is 0 Å². The van der Waals surface area contributed by atoms with E-state index in [0.717, 1.165) is 36.9 Å². The summed E-state index contributed by atoms with van der Waals surface area (Å²) in [6.45, 7) is 15.2. The van der Waals surface area contributed by atoms with E-state index in [4.69, 9.17) is 9.47 Å². The molecule has 152 valence electrons. The predicted molar refractivity (Wildman–Crippen MR) is 115 cm³/mol. The molecule has 0 bridgehead atoms. The van der Waals surface area contributed by atoms with Crippen LogP contribution in [0.5, 0.6) is 0 Å². The molecule has 3 aliphatic rings. The smallest absolute Gasteiger partial charge is 0.154 e. The second kappa shape index (κ2) is 14.3. The largest absolute Gasteiger partial charge is 0.353 e. The summed E-state index contributed by atoms with van der Waals surface area (Å²) in [6, 6.07) is 0. The maximum Gasteiger partial charge on any atom is 0.154 e. The van der Waals surface area contributed by atoms with Crippen molar-refractivity contribution in [2.24, 2.45) is 29.6 Å². The van der Waals surface area contributed by atoms with Crippen LogP contribution in [0.25, 0.3) is 0 Å². The van der Waals surface area contributed by atoms with Gasteiger partial charge in [-0.25, -0.2) is 0 Å².